The molecule has 0 bridgehead atoms. The second kappa shape index (κ2) is 13.2. The molecule has 0 aliphatic rings. The third kappa shape index (κ3) is 8.19. The van der Waals surface area contributed by atoms with Crippen LogP contribution in [0, 0.1) is 0 Å². The first-order valence-corrected chi connectivity index (χ1v) is 12.6. The summed E-state index contributed by atoms with van der Waals surface area (Å²) in [6, 6.07) is 13.8. The lowest BCUT2D eigenvalue weighted by Gasteiger charge is -2.38. The van der Waals surface area contributed by atoms with Crippen LogP contribution in [0.15, 0.2) is 54.6 Å². The molecule has 0 aromatic heterocycles. The van der Waals surface area contributed by atoms with Gasteiger partial charge in [-0.25, -0.2) is 4.79 Å². The summed E-state index contributed by atoms with van der Waals surface area (Å²) >= 11 is 4.31. The van der Waals surface area contributed by atoms with E-state index in [1.54, 1.807) is 64.3 Å². The number of hydrogen-bond donors (Lipinski definition) is 3. The molecule has 36 heavy (non-hydrogen) atoms. The summed E-state index contributed by atoms with van der Waals surface area (Å²) in [6.45, 7) is 9.03. The van der Waals surface area contributed by atoms with Gasteiger partial charge in [-0.05, 0) is 63.9 Å². The maximum Gasteiger partial charge on any atom is 0.408 e. The molecule has 9 heteroatoms. The molecule has 0 aliphatic heterocycles. The largest absolute Gasteiger partial charge is 0.497 e. The molecule has 3 amide bonds. The third-order valence-electron chi connectivity index (χ3n) is 5.49. The fourth-order valence-corrected chi connectivity index (χ4v) is 3.82. The van der Waals surface area contributed by atoms with E-state index in [0.29, 0.717) is 23.4 Å². The van der Waals surface area contributed by atoms with Crippen LogP contribution in [-0.2, 0) is 14.3 Å². The minimum absolute atomic E-state index is 0.0343. The SMILES string of the molecule is CCC(C)N(C(=O)C(CS)NC(=O)OC(C)(C)C)C(C(=O)Nc1ccc(OC)cc1)c1ccccc1. The number of thiol groups is 1. The molecule has 8 nitrogen and oxygen atoms in total. The molecule has 0 saturated heterocycles. The zero-order valence-electron chi connectivity index (χ0n) is 21.8. The highest BCUT2D eigenvalue weighted by atomic mass is 32.1. The van der Waals surface area contributed by atoms with Crippen LogP contribution in [0.4, 0.5) is 10.5 Å². The number of methoxy groups -OCH3 is 1. The predicted octanol–water partition coefficient (Wildman–Crippen LogP) is 4.83. The van der Waals surface area contributed by atoms with Crippen molar-refractivity contribution in [3.8, 4) is 5.75 Å². The van der Waals surface area contributed by atoms with E-state index in [9.17, 15) is 14.4 Å². The van der Waals surface area contributed by atoms with Gasteiger partial charge in [0, 0.05) is 17.5 Å². The molecule has 2 rings (SSSR count). The number of rotatable bonds is 10. The van der Waals surface area contributed by atoms with Gasteiger partial charge in [-0.2, -0.15) is 12.6 Å². The molecular formula is C27H37N3O5S. The van der Waals surface area contributed by atoms with E-state index in [1.807, 2.05) is 32.0 Å². The van der Waals surface area contributed by atoms with E-state index < -0.39 is 29.7 Å². The van der Waals surface area contributed by atoms with Gasteiger partial charge < -0.3 is 25.0 Å². The Hall–Kier alpha value is -3.20. The lowest BCUT2D eigenvalue weighted by molar-refractivity contribution is -0.142. The standard InChI is InChI=1S/C27H37N3O5S/c1-7-18(2)30(25(32)22(17-36)29-26(33)35-27(3,4)5)23(19-11-9-8-10-12-19)24(31)28-20-13-15-21(34-6)16-14-20/h8-16,18,22-23,36H,7,17H2,1-6H3,(H,28,31)(H,29,33). The molecule has 2 aromatic carbocycles. The average molecular weight is 516 g/mol. The summed E-state index contributed by atoms with van der Waals surface area (Å²) in [6.07, 6.45) is -0.130. The first-order valence-electron chi connectivity index (χ1n) is 11.9. The number of hydrogen-bond acceptors (Lipinski definition) is 6. The van der Waals surface area contributed by atoms with Crippen LogP contribution >= 0.6 is 12.6 Å². The number of carbonyl (C=O) groups is 3. The molecule has 196 valence electrons. The molecule has 0 radical (unpaired) electrons. The van der Waals surface area contributed by atoms with Gasteiger partial charge in [-0.3, -0.25) is 9.59 Å². The molecule has 0 aliphatic carbocycles. The van der Waals surface area contributed by atoms with Crippen LogP contribution in [0.3, 0.4) is 0 Å². The van der Waals surface area contributed by atoms with E-state index in [-0.39, 0.29) is 17.7 Å². The third-order valence-corrected chi connectivity index (χ3v) is 5.86. The first kappa shape index (κ1) is 29.0. The molecule has 0 fully saturated rings. The summed E-state index contributed by atoms with van der Waals surface area (Å²) in [5, 5.41) is 5.53. The van der Waals surface area contributed by atoms with E-state index in [4.69, 9.17) is 9.47 Å². The Morgan fingerprint density at radius 1 is 1.03 bits per heavy atom. The van der Waals surface area contributed by atoms with Crippen LogP contribution in [0.1, 0.15) is 52.6 Å². The van der Waals surface area contributed by atoms with Crippen molar-refractivity contribution in [3.63, 3.8) is 0 Å². The Morgan fingerprint density at radius 2 is 1.64 bits per heavy atom. The second-order valence-corrected chi connectivity index (χ2v) is 9.78. The lowest BCUT2D eigenvalue weighted by atomic mass is 10.00. The molecular weight excluding hydrogens is 478 g/mol. The Bertz CT molecular complexity index is 1010. The summed E-state index contributed by atoms with van der Waals surface area (Å²) in [7, 11) is 1.57. The number of nitrogens with one attached hydrogen (secondary N) is 2. The number of anilines is 1. The fourth-order valence-electron chi connectivity index (χ4n) is 3.57. The second-order valence-electron chi connectivity index (χ2n) is 9.42. The number of alkyl carbamates (subject to hydrolysis) is 1. The summed E-state index contributed by atoms with van der Waals surface area (Å²) < 4.78 is 10.5. The van der Waals surface area contributed by atoms with E-state index in [1.165, 1.54) is 4.90 Å². The van der Waals surface area contributed by atoms with Crippen LogP contribution in [0.2, 0.25) is 0 Å². The van der Waals surface area contributed by atoms with Crippen LogP contribution < -0.4 is 15.4 Å². The van der Waals surface area contributed by atoms with Crippen molar-refractivity contribution in [1.82, 2.24) is 10.2 Å². The number of amides is 3. The predicted molar refractivity (Wildman–Crippen MR) is 144 cm³/mol. The molecule has 3 unspecified atom stereocenters. The molecule has 2 N–H and O–H groups in total. The van der Waals surface area contributed by atoms with Gasteiger partial charge in [-0.1, -0.05) is 37.3 Å². The van der Waals surface area contributed by atoms with E-state index in [0.717, 1.165) is 0 Å². The normalized spacial score (nSPS) is 13.6. The zero-order valence-corrected chi connectivity index (χ0v) is 22.7. The highest BCUT2D eigenvalue weighted by Crippen LogP contribution is 2.28. The monoisotopic (exact) mass is 515 g/mol. The molecule has 3 atom stereocenters. The Labute approximate surface area is 219 Å². The Balaban J connectivity index is 2.43. The van der Waals surface area contributed by atoms with E-state index >= 15 is 0 Å². The summed E-state index contributed by atoms with van der Waals surface area (Å²) in [5.41, 5.74) is 0.485. The number of carbonyl (C=O) groups excluding carboxylic acids is 3. The van der Waals surface area contributed by atoms with Crippen LogP contribution in [-0.4, -0.2) is 53.4 Å². The van der Waals surface area contributed by atoms with Gasteiger partial charge in [0.05, 0.1) is 7.11 Å². The van der Waals surface area contributed by atoms with Crippen LogP contribution in [0.5, 0.6) is 5.75 Å². The van der Waals surface area contributed by atoms with Crippen molar-refractivity contribution >= 4 is 36.2 Å². The number of ether oxygens (including phenoxy) is 2. The zero-order chi connectivity index (χ0) is 26.9. The lowest BCUT2D eigenvalue weighted by Crippen LogP contribution is -2.55. The minimum atomic E-state index is -0.989. The maximum atomic E-state index is 13.8. The van der Waals surface area contributed by atoms with Gasteiger partial charge >= 0.3 is 6.09 Å². The van der Waals surface area contributed by atoms with Gasteiger partial charge in [0.2, 0.25) is 5.91 Å². The highest BCUT2D eigenvalue weighted by Gasteiger charge is 2.38. The number of nitrogens with zero attached hydrogens (tertiary/aromatic N) is 1. The van der Waals surface area contributed by atoms with Crippen molar-refractivity contribution in [2.75, 3.05) is 18.2 Å². The summed E-state index contributed by atoms with van der Waals surface area (Å²) in [4.78, 5) is 41.5. The Morgan fingerprint density at radius 3 is 2.14 bits per heavy atom. The smallest absolute Gasteiger partial charge is 0.408 e. The highest BCUT2D eigenvalue weighted by molar-refractivity contribution is 7.80. The van der Waals surface area contributed by atoms with Gasteiger partial charge in [0.1, 0.15) is 23.4 Å². The molecule has 2 aromatic rings. The summed E-state index contributed by atoms with van der Waals surface area (Å²) in [5.74, 6) is -0.111. The van der Waals surface area contributed by atoms with Crippen LogP contribution in [0.25, 0.3) is 0 Å². The molecule has 0 heterocycles. The van der Waals surface area contributed by atoms with Crippen molar-refractivity contribution in [2.45, 2.75) is 64.8 Å². The van der Waals surface area contributed by atoms with E-state index in [2.05, 4.69) is 23.3 Å². The molecule has 0 saturated carbocycles. The Kier molecular flexibility index (Phi) is 10.6. The fraction of sp³-hybridized carbons (Fsp3) is 0.444. The van der Waals surface area contributed by atoms with Gasteiger partial charge in [0.15, 0.2) is 0 Å². The average Bonchev–Trinajstić information content (AvgIpc) is 2.84. The maximum absolute atomic E-state index is 13.8. The number of benzene rings is 2. The quantitative estimate of drug-likeness (QED) is 0.394. The van der Waals surface area contributed by atoms with Crippen molar-refractivity contribution in [3.05, 3.63) is 60.2 Å². The van der Waals surface area contributed by atoms with Crippen molar-refractivity contribution in [1.29, 1.82) is 0 Å². The minimum Gasteiger partial charge on any atom is -0.497 e. The molecule has 0 spiro atoms. The van der Waals surface area contributed by atoms with Gasteiger partial charge in [-0.15, -0.1) is 0 Å². The first-order chi connectivity index (χ1) is 17.0. The van der Waals surface area contributed by atoms with Crippen molar-refractivity contribution < 1.29 is 23.9 Å². The van der Waals surface area contributed by atoms with Gasteiger partial charge in [0.25, 0.3) is 5.91 Å². The van der Waals surface area contributed by atoms with Crippen molar-refractivity contribution in [2.24, 2.45) is 0 Å². The topological polar surface area (TPSA) is 97.0 Å².